The fourth-order valence-electron chi connectivity index (χ4n) is 4.81. The van der Waals surface area contributed by atoms with E-state index in [1.807, 2.05) is 42.5 Å². The van der Waals surface area contributed by atoms with Crippen LogP contribution in [0.25, 0.3) is 5.57 Å². The molecule has 0 N–H and O–H groups in total. The lowest BCUT2D eigenvalue weighted by molar-refractivity contribution is 0.412. The quantitative estimate of drug-likeness (QED) is 0.402. The molecule has 1 heterocycles. The van der Waals surface area contributed by atoms with Gasteiger partial charge in [-0.25, -0.2) is 4.39 Å². The molecular formula is C28H31FN2O2. The SMILES string of the molecule is CCC1=C(c2ccccc2OC)C(CC)N(c2ccc(F)cc2)CN1c1ccccc1OC. The minimum Gasteiger partial charge on any atom is -0.496 e. The number of para-hydroxylation sites is 3. The molecule has 0 spiro atoms. The summed E-state index contributed by atoms with van der Waals surface area (Å²) in [5, 5.41) is 0. The number of allylic oxidation sites excluding steroid dienone is 1. The van der Waals surface area contributed by atoms with Crippen LogP contribution in [0.5, 0.6) is 11.5 Å². The van der Waals surface area contributed by atoms with Gasteiger partial charge in [-0.2, -0.15) is 0 Å². The van der Waals surface area contributed by atoms with E-state index >= 15 is 0 Å². The molecule has 0 saturated heterocycles. The highest BCUT2D eigenvalue weighted by Gasteiger charge is 2.35. The van der Waals surface area contributed by atoms with Crippen molar-refractivity contribution in [3.05, 3.63) is 89.9 Å². The molecule has 4 rings (SSSR count). The predicted octanol–water partition coefficient (Wildman–Crippen LogP) is 6.73. The Balaban J connectivity index is 1.98. The Labute approximate surface area is 195 Å². The third kappa shape index (κ3) is 4.28. The monoisotopic (exact) mass is 446 g/mol. The van der Waals surface area contributed by atoms with Crippen LogP contribution in [0.3, 0.4) is 0 Å². The standard InChI is InChI=1S/C28H31FN2O2/c1-5-23-28(22-11-7-9-13-26(22)32-3)24(6-2)31(25-12-8-10-14-27(25)33-4)19-30(23)21-17-15-20(29)16-18-21/h7-18,23H,5-6,19H2,1-4H3. The van der Waals surface area contributed by atoms with Crippen molar-refractivity contribution >= 4 is 16.9 Å². The molecule has 0 radical (unpaired) electrons. The van der Waals surface area contributed by atoms with E-state index in [4.69, 9.17) is 9.47 Å². The van der Waals surface area contributed by atoms with Crippen molar-refractivity contribution in [3.63, 3.8) is 0 Å². The molecule has 0 amide bonds. The van der Waals surface area contributed by atoms with Crippen molar-refractivity contribution in [1.29, 1.82) is 0 Å². The zero-order valence-corrected chi connectivity index (χ0v) is 19.7. The molecule has 1 atom stereocenters. The van der Waals surface area contributed by atoms with E-state index in [-0.39, 0.29) is 11.9 Å². The summed E-state index contributed by atoms with van der Waals surface area (Å²) in [5.74, 6) is 1.43. The van der Waals surface area contributed by atoms with E-state index < -0.39 is 0 Å². The molecule has 3 aromatic carbocycles. The Morgan fingerprint density at radius 3 is 2.12 bits per heavy atom. The van der Waals surface area contributed by atoms with Gasteiger partial charge in [0.05, 0.1) is 32.6 Å². The Hall–Kier alpha value is -3.47. The summed E-state index contributed by atoms with van der Waals surface area (Å²) in [6, 6.07) is 23.1. The largest absolute Gasteiger partial charge is 0.496 e. The van der Waals surface area contributed by atoms with Crippen LogP contribution in [-0.2, 0) is 0 Å². The van der Waals surface area contributed by atoms with Gasteiger partial charge >= 0.3 is 0 Å². The van der Waals surface area contributed by atoms with Gasteiger partial charge in [-0.15, -0.1) is 0 Å². The zero-order valence-electron chi connectivity index (χ0n) is 19.7. The average molecular weight is 447 g/mol. The Bertz CT molecular complexity index is 1130. The molecule has 5 heteroatoms. The lowest BCUT2D eigenvalue weighted by Gasteiger charge is -2.47. The van der Waals surface area contributed by atoms with Crippen LogP contribution in [0.2, 0.25) is 0 Å². The van der Waals surface area contributed by atoms with Gasteiger partial charge < -0.3 is 19.3 Å². The number of rotatable bonds is 7. The van der Waals surface area contributed by atoms with Crippen LogP contribution in [0.1, 0.15) is 32.3 Å². The lowest BCUT2D eigenvalue weighted by Crippen LogP contribution is -2.49. The van der Waals surface area contributed by atoms with E-state index in [0.717, 1.165) is 41.3 Å². The molecule has 1 aliphatic rings. The Morgan fingerprint density at radius 2 is 1.48 bits per heavy atom. The highest BCUT2D eigenvalue weighted by atomic mass is 19.1. The maximum Gasteiger partial charge on any atom is 0.142 e. The molecule has 33 heavy (non-hydrogen) atoms. The van der Waals surface area contributed by atoms with E-state index in [1.165, 1.54) is 23.4 Å². The summed E-state index contributed by atoms with van der Waals surface area (Å²) in [6.45, 7) is 5.02. The van der Waals surface area contributed by atoms with Crippen molar-refractivity contribution in [3.8, 4) is 11.5 Å². The fourth-order valence-corrected chi connectivity index (χ4v) is 4.81. The molecule has 3 aromatic rings. The number of ether oxygens (including phenoxy) is 2. The van der Waals surface area contributed by atoms with Gasteiger partial charge in [0.1, 0.15) is 17.3 Å². The number of hydrogen-bond donors (Lipinski definition) is 0. The molecule has 0 bridgehead atoms. The number of hydrogen-bond acceptors (Lipinski definition) is 4. The van der Waals surface area contributed by atoms with Crippen molar-refractivity contribution in [2.45, 2.75) is 32.7 Å². The Kier molecular flexibility index (Phi) is 6.87. The molecular weight excluding hydrogens is 415 g/mol. The number of anilines is 2. The Morgan fingerprint density at radius 1 is 0.848 bits per heavy atom. The second kappa shape index (κ2) is 9.99. The van der Waals surface area contributed by atoms with Gasteiger partial charge in [-0.1, -0.05) is 44.2 Å². The predicted molar refractivity (Wildman–Crippen MR) is 134 cm³/mol. The maximum atomic E-state index is 13.8. The van der Waals surface area contributed by atoms with Gasteiger partial charge in [0.15, 0.2) is 0 Å². The minimum atomic E-state index is -0.236. The van der Waals surface area contributed by atoms with Crippen molar-refractivity contribution in [1.82, 2.24) is 0 Å². The summed E-state index contributed by atoms with van der Waals surface area (Å²) >= 11 is 0. The van der Waals surface area contributed by atoms with E-state index in [1.54, 1.807) is 14.2 Å². The van der Waals surface area contributed by atoms with Gasteiger partial charge in [0.25, 0.3) is 0 Å². The third-order valence-corrected chi connectivity index (χ3v) is 6.29. The summed E-state index contributed by atoms with van der Waals surface area (Å²) in [4.78, 5) is 4.66. The van der Waals surface area contributed by atoms with Crippen molar-refractivity contribution in [2.24, 2.45) is 0 Å². The van der Waals surface area contributed by atoms with Gasteiger partial charge in [0.2, 0.25) is 0 Å². The van der Waals surface area contributed by atoms with Crippen LogP contribution >= 0.6 is 0 Å². The van der Waals surface area contributed by atoms with E-state index in [2.05, 4.69) is 41.8 Å². The molecule has 1 unspecified atom stereocenters. The summed E-state index contributed by atoms with van der Waals surface area (Å²) in [7, 11) is 3.41. The van der Waals surface area contributed by atoms with Gasteiger partial charge in [-0.05, 0) is 55.3 Å². The zero-order chi connectivity index (χ0) is 23.4. The second-order valence-corrected chi connectivity index (χ2v) is 8.03. The van der Waals surface area contributed by atoms with Crippen LogP contribution in [0.4, 0.5) is 15.8 Å². The lowest BCUT2D eigenvalue weighted by atomic mass is 9.89. The maximum absolute atomic E-state index is 13.8. The smallest absolute Gasteiger partial charge is 0.142 e. The number of nitrogens with zero attached hydrogens (tertiary/aromatic N) is 2. The first kappa shape index (κ1) is 22.7. The van der Waals surface area contributed by atoms with Crippen LogP contribution in [0.15, 0.2) is 78.5 Å². The van der Waals surface area contributed by atoms with Crippen LogP contribution in [-0.4, -0.2) is 26.9 Å². The molecule has 172 valence electrons. The van der Waals surface area contributed by atoms with E-state index in [9.17, 15) is 4.39 Å². The molecule has 1 aliphatic heterocycles. The molecule has 0 saturated carbocycles. The van der Waals surface area contributed by atoms with Crippen molar-refractivity contribution in [2.75, 3.05) is 30.7 Å². The van der Waals surface area contributed by atoms with Crippen molar-refractivity contribution < 1.29 is 13.9 Å². The molecule has 0 aliphatic carbocycles. The molecule has 0 fully saturated rings. The summed E-state index contributed by atoms with van der Waals surface area (Å²) < 4.78 is 25.3. The number of benzene rings is 3. The summed E-state index contributed by atoms with van der Waals surface area (Å²) in [6.07, 6.45) is 1.74. The number of halogens is 1. The fraction of sp³-hybridized carbons (Fsp3) is 0.286. The highest BCUT2D eigenvalue weighted by Crippen LogP contribution is 2.44. The van der Waals surface area contributed by atoms with Gasteiger partial charge in [0, 0.05) is 22.5 Å². The average Bonchev–Trinajstić information content (AvgIpc) is 2.87. The minimum absolute atomic E-state index is 0.104. The first-order valence-electron chi connectivity index (χ1n) is 11.4. The van der Waals surface area contributed by atoms with E-state index in [0.29, 0.717) is 6.67 Å². The topological polar surface area (TPSA) is 24.9 Å². The second-order valence-electron chi connectivity index (χ2n) is 8.03. The molecule has 0 aromatic heterocycles. The third-order valence-electron chi connectivity index (χ3n) is 6.29. The first-order valence-corrected chi connectivity index (χ1v) is 11.4. The van der Waals surface area contributed by atoms with Crippen LogP contribution in [0, 0.1) is 5.82 Å². The normalized spacial score (nSPS) is 16.2. The van der Waals surface area contributed by atoms with Crippen LogP contribution < -0.4 is 19.3 Å². The van der Waals surface area contributed by atoms with Gasteiger partial charge in [-0.3, -0.25) is 0 Å². The molecule has 4 nitrogen and oxygen atoms in total. The number of methoxy groups -OCH3 is 2. The summed E-state index contributed by atoms with van der Waals surface area (Å²) in [5.41, 5.74) is 5.51. The first-order chi connectivity index (χ1) is 16.1. The highest BCUT2D eigenvalue weighted by molar-refractivity contribution is 5.84.